The Labute approximate surface area is 287 Å². The van der Waals surface area contributed by atoms with Crippen LogP contribution in [0.25, 0.3) is 10.8 Å². The largest absolute Gasteiger partial charge is 0.396 e. The first-order valence-corrected chi connectivity index (χ1v) is 18.7. The fraction of sp³-hybridized carbons (Fsp3) is 0.650. The van der Waals surface area contributed by atoms with Gasteiger partial charge in [0.1, 0.15) is 0 Å². The molecule has 2 aliphatic rings. The van der Waals surface area contributed by atoms with Gasteiger partial charge in [-0.2, -0.15) is 0 Å². The molecule has 0 bridgehead atoms. The van der Waals surface area contributed by atoms with Crippen molar-refractivity contribution in [3.63, 3.8) is 0 Å². The first kappa shape index (κ1) is 37.7. The van der Waals surface area contributed by atoms with Crippen LogP contribution in [0, 0.1) is 10.8 Å². The summed E-state index contributed by atoms with van der Waals surface area (Å²) in [5.41, 5.74) is 0.0396. The second kappa shape index (κ2) is 17.0. The molecule has 4 amide bonds. The van der Waals surface area contributed by atoms with Gasteiger partial charge in [-0.25, -0.2) is 0 Å². The fourth-order valence-corrected chi connectivity index (χ4v) is 7.91. The van der Waals surface area contributed by atoms with Gasteiger partial charge < -0.3 is 10.2 Å². The van der Waals surface area contributed by atoms with Crippen LogP contribution in [0.3, 0.4) is 0 Å². The quantitative estimate of drug-likeness (QED) is 0.0968. The average molecular weight is 663 g/mol. The lowest BCUT2D eigenvalue weighted by Crippen LogP contribution is -2.50. The molecular weight excluding hydrogens is 604 g/mol. The van der Waals surface area contributed by atoms with E-state index >= 15 is 0 Å². The highest BCUT2D eigenvalue weighted by molar-refractivity contribution is 6.33. The summed E-state index contributed by atoms with van der Waals surface area (Å²) in [5.74, 6) is -1.80. The predicted octanol–water partition coefficient (Wildman–Crippen LogP) is 8.31. The van der Waals surface area contributed by atoms with E-state index in [0.717, 1.165) is 103 Å². The Morgan fingerprint density at radius 1 is 0.458 bits per heavy atom. The lowest BCUT2D eigenvalue weighted by Gasteiger charge is -2.40. The molecule has 8 nitrogen and oxygen atoms in total. The number of aliphatic hydroxyl groups is 2. The van der Waals surface area contributed by atoms with Gasteiger partial charge in [0.05, 0.1) is 13.2 Å². The minimum absolute atomic E-state index is 0.108. The zero-order valence-electron chi connectivity index (χ0n) is 29.9. The number of rotatable bonds is 22. The fourth-order valence-electron chi connectivity index (χ4n) is 7.91. The second-order valence-corrected chi connectivity index (χ2v) is 14.6. The van der Waals surface area contributed by atoms with Crippen LogP contribution in [-0.4, -0.2) is 69.9 Å². The van der Waals surface area contributed by atoms with Crippen LogP contribution in [0.15, 0.2) is 24.3 Å². The van der Waals surface area contributed by atoms with Crippen LogP contribution < -0.4 is 0 Å². The molecule has 0 aliphatic carbocycles. The Morgan fingerprint density at radius 3 is 0.917 bits per heavy atom. The van der Waals surface area contributed by atoms with E-state index in [2.05, 4.69) is 27.7 Å². The number of carbonyl (C=O) groups is 4. The van der Waals surface area contributed by atoms with Crippen LogP contribution in [-0.2, 0) is 0 Å². The summed E-state index contributed by atoms with van der Waals surface area (Å²) in [7, 11) is 0. The molecule has 48 heavy (non-hydrogen) atoms. The summed E-state index contributed by atoms with van der Waals surface area (Å²) in [6, 6.07) is 6.48. The van der Waals surface area contributed by atoms with Crippen molar-refractivity contribution in [1.82, 2.24) is 9.80 Å². The lowest BCUT2D eigenvalue weighted by atomic mass is 9.76. The van der Waals surface area contributed by atoms with Crippen molar-refractivity contribution >= 4 is 34.4 Å². The van der Waals surface area contributed by atoms with Gasteiger partial charge in [-0.1, -0.05) is 105 Å². The van der Waals surface area contributed by atoms with E-state index in [1.54, 1.807) is 24.3 Å². The number of nitrogens with zero attached hydrogens (tertiary/aromatic N) is 2. The van der Waals surface area contributed by atoms with Crippen LogP contribution in [0.4, 0.5) is 0 Å². The molecule has 0 fully saturated rings. The number of imide groups is 2. The zero-order chi connectivity index (χ0) is 34.9. The Kier molecular flexibility index (Phi) is 13.4. The summed E-state index contributed by atoms with van der Waals surface area (Å²) in [4.78, 5) is 59.0. The third kappa shape index (κ3) is 7.70. The van der Waals surface area contributed by atoms with Crippen molar-refractivity contribution in [3.8, 4) is 0 Å². The molecule has 264 valence electrons. The summed E-state index contributed by atoms with van der Waals surface area (Å²) in [5, 5.41) is 22.1. The molecular formula is C40H58N2O6. The number of hydrogen-bond acceptors (Lipinski definition) is 6. The highest BCUT2D eigenvalue weighted by Crippen LogP contribution is 2.42. The van der Waals surface area contributed by atoms with Gasteiger partial charge in [0.2, 0.25) is 0 Å². The molecule has 8 heteroatoms. The molecule has 2 N–H and O–H groups in total. The van der Waals surface area contributed by atoms with Gasteiger partial charge in [0, 0.05) is 56.9 Å². The van der Waals surface area contributed by atoms with E-state index in [1.807, 2.05) is 0 Å². The van der Waals surface area contributed by atoms with Crippen molar-refractivity contribution < 1.29 is 29.4 Å². The van der Waals surface area contributed by atoms with E-state index in [4.69, 9.17) is 0 Å². The van der Waals surface area contributed by atoms with Gasteiger partial charge in [-0.15, -0.1) is 0 Å². The molecule has 2 aliphatic heterocycles. The molecule has 0 saturated heterocycles. The minimum Gasteiger partial charge on any atom is -0.396 e. The number of aliphatic hydroxyl groups excluding tert-OH is 2. The van der Waals surface area contributed by atoms with E-state index in [9.17, 15) is 29.4 Å². The van der Waals surface area contributed by atoms with Crippen molar-refractivity contribution in [1.29, 1.82) is 0 Å². The van der Waals surface area contributed by atoms with Crippen LogP contribution in [0.5, 0.6) is 0 Å². The molecule has 2 heterocycles. The van der Waals surface area contributed by atoms with Crippen molar-refractivity contribution in [2.24, 2.45) is 10.8 Å². The molecule has 0 saturated carbocycles. The maximum atomic E-state index is 14.1. The zero-order valence-corrected chi connectivity index (χ0v) is 29.9. The Hall–Kier alpha value is -3.10. The van der Waals surface area contributed by atoms with Crippen LogP contribution >= 0.6 is 0 Å². The van der Waals surface area contributed by atoms with Gasteiger partial charge in [-0.3, -0.25) is 29.0 Å². The number of carbonyl (C=O) groups excluding carboxylic acids is 4. The number of benzene rings is 2. The van der Waals surface area contributed by atoms with E-state index in [0.29, 0.717) is 33.0 Å². The molecule has 0 aromatic heterocycles. The summed E-state index contributed by atoms with van der Waals surface area (Å²) < 4.78 is 0. The van der Waals surface area contributed by atoms with E-state index < -0.39 is 34.5 Å². The topological polar surface area (TPSA) is 115 Å². The standard InChI is InChI=1S/C40H58N2O6/c1-5-9-13-21-39(27-43,22-14-10-6-2)25-41-35(45)29-17-19-31-34-32(20-18-30(33(29)34)36(41)46)38(48)42(37(31)47)26-40(28-44,23-15-11-7-3)24-16-12-8-4/h17-20,43-44H,5-16,21-28H2,1-4H3. The lowest BCUT2D eigenvalue weighted by molar-refractivity contribution is 0.0338. The Bertz CT molecular complexity index is 1270. The number of amides is 4. The van der Waals surface area contributed by atoms with Gasteiger partial charge in [0.25, 0.3) is 23.6 Å². The van der Waals surface area contributed by atoms with Gasteiger partial charge in [-0.05, 0) is 49.9 Å². The summed E-state index contributed by atoms with van der Waals surface area (Å²) in [6.45, 7) is 8.55. The van der Waals surface area contributed by atoms with Crippen molar-refractivity contribution in [3.05, 3.63) is 46.5 Å². The minimum atomic E-state index is -0.586. The predicted molar refractivity (Wildman–Crippen MR) is 190 cm³/mol. The second-order valence-electron chi connectivity index (χ2n) is 14.6. The third-order valence-electron chi connectivity index (χ3n) is 11.0. The van der Waals surface area contributed by atoms with Crippen molar-refractivity contribution in [2.45, 2.75) is 130 Å². The first-order valence-electron chi connectivity index (χ1n) is 18.7. The molecule has 2 aromatic carbocycles. The van der Waals surface area contributed by atoms with Crippen LogP contribution in [0.2, 0.25) is 0 Å². The summed E-state index contributed by atoms with van der Waals surface area (Å²) >= 11 is 0. The number of hydrogen-bond donors (Lipinski definition) is 2. The molecule has 0 atom stereocenters. The Balaban J connectivity index is 1.70. The highest BCUT2D eigenvalue weighted by Gasteiger charge is 2.44. The van der Waals surface area contributed by atoms with E-state index in [-0.39, 0.29) is 26.3 Å². The van der Waals surface area contributed by atoms with Gasteiger partial charge >= 0.3 is 0 Å². The third-order valence-corrected chi connectivity index (χ3v) is 11.0. The Morgan fingerprint density at radius 2 is 0.708 bits per heavy atom. The number of unbranched alkanes of at least 4 members (excludes halogenated alkanes) is 8. The molecule has 0 radical (unpaired) electrons. The van der Waals surface area contributed by atoms with Crippen molar-refractivity contribution in [2.75, 3.05) is 26.3 Å². The summed E-state index contributed by atoms with van der Waals surface area (Å²) in [6.07, 6.45) is 14.7. The normalized spacial score (nSPS) is 15.0. The maximum Gasteiger partial charge on any atom is 0.261 e. The first-order chi connectivity index (χ1) is 23.2. The van der Waals surface area contributed by atoms with Crippen LogP contribution in [0.1, 0.15) is 172 Å². The smallest absolute Gasteiger partial charge is 0.261 e. The average Bonchev–Trinajstić information content (AvgIpc) is 3.09. The molecule has 0 unspecified atom stereocenters. The molecule has 2 aromatic rings. The van der Waals surface area contributed by atoms with Gasteiger partial charge in [0.15, 0.2) is 0 Å². The van der Waals surface area contributed by atoms with E-state index in [1.165, 1.54) is 9.80 Å². The SMILES string of the molecule is CCCCCC(CO)(CCCCC)CN1C(=O)c2ccc3c4c(ccc(c24)C1=O)C(=O)N(CC(CO)(CCCCC)CCCCC)C3=O. The molecule has 0 spiro atoms. The maximum absolute atomic E-state index is 14.1. The highest BCUT2D eigenvalue weighted by atomic mass is 16.3. The molecule has 4 rings (SSSR count). The monoisotopic (exact) mass is 662 g/mol.